The average Bonchev–Trinajstić information content (AvgIpc) is 2.26. The highest BCUT2D eigenvalue weighted by atomic mass is 79.9. The number of aromatic nitrogens is 1. The highest BCUT2D eigenvalue weighted by molar-refractivity contribution is 9.11. The molecule has 0 aliphatic carbocycles. The second-order valence-electron chi connectivity index (χ2n) is 3.66. The summed E-state index contributed by atoms with van der Waals surface area (Å²) in [5, 5.41) is 2.83. The molecular weight excluding hydrogens is 350 g/mol. The number of hydrogen-bond acceptors (Lipinski definition) is 3. The van der Waals surface area contributed by atoms with E-state index in [4.69, 9.17) is 0 Å². The van der Waals surface area contributed by atoms with E-state index in [2.05, 4.69) is 42.2 Å². The van der Waals surface area contributed by atoms with Crippen molar-refractivity contribution in [3.63, 3.8) is 0 Å². The number of likely N-dealkylation sites (N-methyl/N-ethyl adjacent to an activating group) is 1. The fourth-order valence-corrected chi connectivity index (χ4v) is 2.59. The Morgan fingerprint density at radius 1 is 1.53 bits per heavy atom. The molecule has 0 saturated carbocycles. The fraction of sp³-hybridized carbons (Fsp3) is 0.455. The molecule has 0 bridgehead atoms. The summed E-state index contributed by atoms with van der Waals surface area (Å²) in [6, 6.07) is 1.91. The molecule has 1 aromatic heterocycles. The van der Waals surface area contributed by atoms with Crippen molar-refractivity contribution in [2.24, 2.45) is 0 Å². The molecule has 94 valence electrons. The number of rotatable bonds is 5. The molecule has 0 spiro atoms. The van der Waals surface area contributed by atoms with Gasteiger partial charge in [-0.15, -0.1) is 0 Å². The lowest BCUT2D eigenvalue weighted by molar-refractivity contribution is -0.119. The molecule has 0 unspecified atom stereocenters. The van der Waals surface area contributed by atoms with Gasteiger partial charge in [-0.1, -0.05) is 6.92 Å². The van der Waals surface area contributed by atoms with Crippen LogP contribution >= 0.6 is 31.9 Å². The van der Waals surface area contributed by atoms with Gasteiger partial charge in [0.2, 0.25) is 5.91 Å². The Bertz CT molecular complexity index is 398. The number of halogens is 2. The van der Waals surface area contributed by atoms with Crippen LogP contribution in [0, 0.1) is 0 Å². The Labute approximate surface area is 118 Å². The first kappa shape index (κ1) is 14.4. The average molecular weight is 365 g/mol. The van der Waals surface area contributed by atoms with Crippen molar-refractivity contribution in [2.75, 3.05) is 25.0 Å². The summed E-state index contributed by atoms with van der Waals surface area (Å²) in [5.74, 6) is 0.755. The third-order valence-electron chi connectivity index (χ3n) is 2.10. The first-order chi connectivity index (χ1) is 8.04. The van der Waals surface area contributed by atoms with Crippen LogP contribution in [0.2, 0.25) is 0 Å². The molecular formula is C11H15Br2N3O. The van der Waals surface area contributed by atoms with Crippen molar-refractivity contribution in [1.82, 2.24) is 10.3 Å². The lowest BCUT2D eigenvalue weighted by Gasteiger charge is -2.18. The molecule has 1 amide bonds. The van der Waals surface area contributed by atoms with E-state index in [0.29, 0.717) is 13.1 Å². The van der Waals surface area contributed by atoms with Crippen molar-refractivity contribution >= 4 is 43.6 Å². The molecule has 0 aliphatic heterocycles. The van der Waals surface area contributed by atoms with E-state index in [1.54, 1.807) is 6.20 Å². The molecule has 0 aliphatic rings. The second-order valence-corrected chi connectivity index (χ2v) is 5.43. The van der Waals surface area contributed by atoms with E-state index in [1.807, 2.05) is 24.9 Å². The Balaban J connectivity index is 2.63. The van der Waals surface area contributed by atoms with E-state index in [1.165, 1.54) is 0 Å². The van der Waals surface area contributed by atoms with Gasteiger partial charge in [0.1, 0.15) is 5.82 Å². The summed E-state index contributed by atoms with van der Waals surface area (Å²) >= 11 is 6.76. The highest BCUT2D eigenvalue weighted by Gasteiger charge is 2.11. The maximum atomic E-state index is 11.6. The molecule has 0 atom stereocenters. The third kappa shape index (κ3) is 4.63. The number of amides is 1. The van der Waals surface area contributed by atoms with Gasteiger partial charge >= 0.3 is 0 Å². The normalized spacial score (nSPS) is 10.1. The zero-order valence-electron chi connectivity index (χ0n) is 9.83. The number of pyridine rings is 1. The molecule has 17 heavy (non-hydrogen) atoms. The van der Waals surface area contributed by atoms with Crippen LogP contribution in [0.5, 0.6) is 0 Å². The number of anilines is 1. The second kappa shape index (κ2) is 6.96. The minimum atomic E-state index is 0.00553. The summed E-state index contributed by atoms with van der Waals surface area (Å²) < 4.78 is 1.76. The molecule has 0 fully saturated rings. The van der Waals surface area contributed by atoms with Gasteiger partial charge in [-0.25, -0.2) is 4.98 Å². The number of carbonyl (C=O) groups is 1. The van der Waals surface area contributed by atoms with Gasteiger partial charge < -0.3 is 10.2 Å². The first-order valence-corrected chi connectivity index (χ1v) is 6.92. The number of nitrogens with one attached hydrogen (secondary N) is 1. The predicted molar refractivity (Wildman–Crippen MR) is 76.2 cm³/mol. The van der Waals surface area contributed by atoms with E-state index in [9.17, 15) is 4.79 Å². The van der Waals surface area contributed by atoms with Crippen molar-refractivity contribution in [3.8, 4) is 0 Å². The molecule has 0 aromatic carbocycles. The number of nitrogens with zero attached hydrogens (tertiary/aromatic N) is 2. The Morgan fingerprint density at radius 2 is 2.24 bits per heavy atom. The Kier molecular flexibility index (Phi) is 5.91. The zero-order valence-corrected chi connectivity index (χ0v) is 13.0. The van der Waals surface area contributed by atoms with Crippen LogP contribution in [-0.2, 0) is 4.79 Å². The maximum absolute atomic E-state index is 11.6. The molecule has 4 nitrogen and oxygen atoms in total. The van der Waals surface area contributed by atoms with Gasteiger partial charge in [-0.05, 0) is 44.3 Å². The zero-order chi connectivity index (χ0) is 12.8. The fourth-order valence-electron chi connectivity index (χ4n) is 1.30. The van der Waals surface area contributed by atoms with E-state index in [0.717, 1.165) is 21.2 Å². The first-order valence-electron chi connectivity index (χ1n) is 5.33. The third-order valence-corrected chi connectivity index (χ3v) is 3.12. The summed E-state index contributed by atoms with van der Waals surface area (Å²) in [7, 11) is 1.84. The number of carbonyl (C=O) groups excluding carboxylic acids is 1. The van der Waals surface area contributed by atoms with Crippen LogP contribution in [0.1, 0.15) is 13.3 Å². The molecule has 1 heterocycles. The van der Waals surface area contributed by atoms with Crippen molar-refractivity contribution in [1.29, 1.82) is 0 Å². The molecule has 1 aromatic rings. The summed E-state index contributed by atoms with van der Waals surface area (Å²) in [6.45, 7) is 3.03. The summed E-state index contributed by atoms with van der Waals surface area (Å²) in [4.78, 5) is 17.6. The van der Waals surface area contributed by atoms with Crippen molar-refractivity contribution in [3.05, 3.63) is 21.2 Å². The molecule has 1 N–H and O–H groups in total. The van der Waals surface area contributed by atoms with Gasteiger partial charge in [0.15, 0.2) is 0 Å². The maximum Gasteiger partial charge on any atom is 0.239 e. The van der Waals surface area contributed by atoms with Crippen LogP contribution in [0.3, 0.4) is 0 Å². The smallest absolute Gasteiger partial charge is 0.239 e. The molecule has 1 rings (SSSR count). The van der Waals surface area contributed by atoms with Gasteiger partial charge in [0.05, 0.1) is 11.0 Å². The molecule has 6 heteroatoms. The van der Waals surface area contributed by atoms with Gasteiger partial charge in [0.25, 0.3) is 0 Å². The standard InChI is InChI=1S/C11H15Br2N3O/c1-3-4-14-10(17)7-16(2)11-9(13)5-8(12)6-15-11/h5-6H,3-4,7H2,1-2H3,(H,14,17). The van der Waals surface area contributed by atoms with E-state index in [-0.39, 0.29) is 5.91 Å². The monoisotopic (exact) mass is 363 g/mol. The minimum absolute atomic E-state index is 0.00553. The van der Waals surface area contributed by atoms with Crippen LogP contribution in [0.25, 0.3) is 0 Å². The predicted octanol–water partition coefficient (Wildman–Crippen LogP) is 2.57. The lowest BCUT2D eigenvalue weighted by atomic mass is 10.4. The highest BCUT2D eigenvalue weighted by Crippen LogP contribution is 2.25. The minimum Gasteiger partial charge on any atom is -0.355 e. The van der Waals surface area contributed by atoms with E-state index >= 15 is 0 Å². The quantitative estimate of drug-likeness (QED) is 0.873. The van der Waals surface area contributed by atoms with Crippen LogP contribution < -0.4 is 10.2 Å². The van der Waals surface area contributed by atoms with Crippen LogP contribution in [0.4, 0.5) is 5.82 Å². The van der Waals surface area contributed by atoms with Crippen molar-refractivity contribution in [2.45, 2.75) is 13.3 Å². The summed E-state index contributed by atoms with van der Waals surface area (Å²) in [5.41, 5.74) is 0. The van der Waals surface area contributed by atoms with Crippen LogP contribution in [-0.4, -0.2) is 31.0 Å². The van der Waals surface area contributed by atoms with Crippen LogP contribution in [0.15, 0.2) is 21.2 Å². The summed E-state index contributed by atoms with van der Waals surface area (Å²) in [6.07, 6.45) is 2.65. The van der Waals surface area contributed by atoms with E-state index < -0.39 is 0 Å². The van der Waals surface area contributed by atoms with Crippen molar-refractivity contribution < 1.29 is 4.79 Å². The lowest BCUT2D eigenvalue weighted by Crippen LogP contribution is -2.35. The SMILES string of the molecule is CCCNC(=O)CN(C)c1ncc(Br)cc1Br. The number of hydrogen-bond donors (Lipinski definition) is 1. The molecule has 0 radical (unpaired) electrons. The van der Waals surface area contributed by atoms with Gasteiger partial charge in [-0.2, -0.15) is 0 Å². The van der Waals surface area contributed by atoms with Gasteiger partial charge in [0, 0.05) is 24.3 Å². The molecule has 0 saturated heterocycles. The largest absolute Gasteiger partial charge is 0.355 e. The topological polar surface area (TPSA) is 45.2 Å². The van der Waals surface area contributed by atoms with Gasteiger partial charge in [-0.3, -0.25) is 4.79 Å². The Hall–Kier alpha value is -0.620. The Morgan fingerprint density at radius 3 is 2.82 bits per heavy atom.